The van der Waals surface area contributed by atoms with Crippen molar-refractivity contribution in [2.45, 2.75) is 116 Å². The van der Waals surface area contributed by atoms with Crippen molar-refractivity contribution in [2.24, 2.45) is 11.8 Å². The van der Waals surface area contributed by atoms with E-state index >= 15 is 0 Å². The molecule has 2 fully saturated rings. The Morgan fingerprint density at radius 2 is 1.65 bits per heavy atom. The summed E-state index contributed by atoms with van der Waals surface area (Å²) in [7, 11) is 1.40. The van der Waals surface area contributed by atoms with Crippen LogP contribution >= 0.6 is 0 Å². The minimum Gasteiger partial charge on any atom is -0.507 e. The van der Waals surface area contributed by atoms with Crippen LogP contribution in [0.5, 0.6) is 23.0 Å². The molecule has 4 aliphatic rings. The van der Waals surface area contributed by atoms with Crippen molar-refractivity contribution in [3.8, 4) is 23.0 Å². The lowest BCUT2D eigenvalue weighted by molar-refractivity contribution is -0.165. The number of aliphatic hydroxyl groups excluding tert-OH is 3. The van der Waals surface area contributed by atoms with Gasteiger partial charge in [-0.05, 0) is 81.9 Å². The first kappa shape index (κ1) is 47.4. The van der Waals surface area contributed by atoms with E-state index in [2.05, 4.69) is 18.8 Å². The van der Waals surface area contributed by atoms with E-state index in [4.69, 9.17) is 18.9 Å². The summed E-state index contributed by atoms with van der Waals surface area (Å²) >= 11 is 0. The quantitative estimate of drug-likeness (QED) is 0.0459. The SMILES string of the molecule is C=C(CCc1ccccc1O[C@@H](O)CC=O)NC1CC(O)OCC1O.CCC1CCC1OC(C)=O.COc1cccc2c1C(=O)c1c(O)c3c(c(O)c1C2=O)CC(C(C)=O)CC3. The van der Waals surface area contributed by atoms with Gasteiger partial charge in [-0.3, -0.25) is 19.2 Å². The van der Waals surface area contributed by atoms with E-state index in [9.17, 15) is 49.5 Å². The van der Waals surface area contributed by atoms with Crippen LogP contribution < -0.4 is 14.8 Å². The van der Waals surface area contributed by atoms with E-state index < -0.39 is 30.3 Å². The van der Waals surface area contributed by atoms with Gasteiger partial charge in [-0.25, -0.2) is 0 Å². The molecule has 6 N–H and O–H groups in total. The number of ketones is 3. The second-order valence-electron chi connectivity index (χ2n) is 15.9. The number of rotatable bonds is 13. The second-order valence-corrected chi connectivity index (χ2v) is 15.9. The molecule has 0 bridgehead atoms. The maximum atomic E-state index is 13.1. The zero-order valence-electron chi connectivity index (χ0n) is 35.6. The standard InChI is InChI=1S/C21H18O6.C18H25NO6.C8H14O2/c1-9(22)10-6-7-11-13(8-10)20(25)16-17(18(11)23)21(26)15-12(19(16)24)4-3-5-14(15)27-2;1-12(19-14-10-18(23)24-11-15(14)21)6-7-13-4-2-3-5-16(13)25-17(22)8-9-20;1-3-7-4-5-8(7)10-6(2)9/h3-5,10,23,25H,6-8H2,1-2H3;2-5,9,14-15,17-19,21-23H,1,6-8,10-11H2;7-8H,3-5H2,1-2H3/t;14?,15?,17-,18?;/m.1./s1. The number of hydrogen-bond acceptors (Lipinski definition) is 15. The van der Waals surface area contributed by atoms with Gasteiger partial charge >= 0.3 is 5.97 Å². The van der Waals surface area contributed by atoms with Gasteiger partial charge in [0.1, 0.15) is 41.2 Å². The highest BCUT2D eigenvalue weighted by molar-refractivity contribution is 6.31. The van der Waals surface area contributed by atoms with Gasteiger partial charge in [0.05, 0.1) is 49.0 Å². The third-order valence-electron chi connectivity index (χ3n) is 11.8. The summed E-state index contributed by atoms with van der Waals surface area (Å²) in [5.74, 6) is -0.703. The highest BCUT2D eigenvalue weighted by Gasteiger charge is 2.41. The van der Waals surface area contributed by atoms with E-state index in [1.165, 1.54) is 33.4 Å². The maximum Gasteiger partial charge on any atom is 0.302 e. The lowest BCUT2D eigenvalue weighted by Crippen LogP contribution is -2.48. The third-order valence-corrected chi connectivity index (χ3v) is 11.8. The van der Waals surface area contributed by atoms with Gasteiger partial charge in [0, 0.05) is 41.6 Å². The number of aldehydes is 1. The summed E-state index contributed by atoms with van der Waals surface area (Å²) in [4.78, 5) is 58.8. The van der Waals surface area contributed by atoms with E-state index in [1.807, 2.05) is 12.1 Å². The molecule has 1 saturated heterocycles. The number of esters is 1. The number of methoxy groups -OCH3 is 1. The Labute approximate surface area is 360 Å². The summed E-state index contributed by atoms with van der Waals surface area (Å²) in [6.07, 6.45) is 4.04. The summed E-state index contributed by atoms with van der Waals surface area (Å²) in [6.45, 7) is 9.15. The van der Waals surface area contributed by atoms with Crippen molar-refractivity contribution in [3.63, 3.8) is 0 Å². The second kappa shape index (κ2) is 21.5. The molecule has 1 heterocycles. The molecular formula is C47H57NO14. The Bertz CT molecular complexity index is 2150. The number of fused-ring (bicyclic) bond motifs is 3. The summed E-state index contributed by atoms with van der Waals surface area (Å²) in [6, 6.07) is 11.6. The molecule has 1 saturated carbocycles. The van der Waals surface area contributed by atoms with Crippen LogP contribution in [0.15, 0.2) is 54.7 Å². The minimum atomic E-state index is -1.17. The summed E-state index contributed by atoms with van der Waals surface area (Å²) in [5, 5.41) is 53.8. The zero-order chi connectivity index (χ0) is 45.2. The van der Waals surface area contributed by atoms with Crippen molar-refractivity contribution in [1.82, 2.24) is 5.32 Å². The van der Waals surface area contributed by atoms with Gasteiger partial charge in [-0.2, -0.15) is 0 Å². The number of ether oxygens (including phenoxy) is 4. The molecule has 15 heteroatoms. The molecule has 62 heavy (non-hydrogen) atoms. The van der Waals surface area contributed by atoms with Gasteiger partial charge in [0.15, 0.2) is 12.1 Å². The van der Waals surface area contributed by atoms with Crippen LogP contribution in [-0.4, -0.2) is 99.7 Å². The third kappa shape index (κ3) is 11.1. The van der Waals surface area contributed by atoms with Gasteiger partial charge in [-0.15, -0.1) is 0 Å². The Hall–Kier alpha value is -5.61. The first-order valence-corrected chi connectivity index (χ1v) is 20.9. The Morgan fingerprint density at radius 3 is 2.29 bits per heavy atom. The highest BCUT2D eigenvalue weighted by Crippen LogP contribution is 2.47. The van der Waals surface area contributed by atoms with E-state index in [1.54, 1.807) is 24.3 Å². The van der Waals surface area contributed by atoms with E-state index in [-0.39, 0.29) is 95.2 Å². The molecular weight excluding hydrogens is 803 g/mol. The number of phenolic OH excluding ortho intramolecular Hbond substituents is 2. The van der Waals surface area contributed by atoms with Crippen LogP contribution in [0.4, 0.5) is 0 Å². The average Bonchev–Trinajstić information content (AvgIpc) is 3.24. The molecule has 3 aromatic carbocycles. The topological polar surface area (TPSA) is 235 Å². The first-order chi connectivity index (χ1) is 29.6. The van der Waals surface area contributed by atoms with E-state index in [0.717, 1.165) is 24.1 Å². The van der Waals surface area contributed by atoms with Crippen molar-refractivity contribution >= 4 is 29.6 Å². The average molecular weight is 860 g/mol. The fourth-order valence-corrected chi connectivity index (χ4v) is 8.17. The Balaban J connectivity index is 0.000000193. The number of para-hydroxylation sites is 1. The highest BCUT2D eigenvalue weighted by atomic mass is 16.6. The molecule has 0 amide bonds. The van der Waals surface area contributed by atoms with Crippen molar-refractivity contribution in [3.05, 3.63) is 93.7 Å². The summed E-state index contributed by atoms with van der Waals surface area (Å²) in [5.41, 5.74) is 2.25. The molecule has 7 atom stereocenters. The predicted octanol–water partition coefficient (Wildman–Crippen LogP) is 4.79. The molecule has 0 spiro atoms. The number of hydrogen-bond donors (Lipinski definition) is 6. The number of nitrogens with one attached hydrogen (secondary N) is 1. The number of allylic oxidation sites excluding steroid dienone is 1. The number of Topliss-reactive ketones (excluding diaryl/α,β-unsaturated/α-hetero) is 1. The van der Waals surface area contributed by atoms with Crippen LogP contribution in [-0.2, 0) is 43.1 Å². The number of carbonyl (C=O) groups is 5. The monoisotopic (exact) mass is 859 g/mol. The van der Waals surface area contributed by atoms with Gasteiger partial charge in [0.25, 0.3) is 0 Å². The van der Waals surface area contributed by atoms with Crippen LogP contribution in [0, 0.1) is 11.8 Å². The number of carbonyl (C=O) groups excluding carboxylic acids is 5. The Kier molecular flexibility index (Phi) is 16.4. The molecule has 15 nitrogen and oxygen atoms in total. The van der Waals surface area contributed by atoms with Gasteiger partial charge in [-0.1, -0.05) is 43.8 Å². The summed E-state index contributed by atoms with van der Waals surface area (Å²) < 4.78 is 20.6. The molecule has 3 aliphatic carbocycles. The number of aryl methyl sites for hydroxylation is 1. The molecule has 1 aliphatic heterocycles. The molecule has 0 radical (unpaired) electrons. The predicted molar refractivity (Wildman–Crippen MR) is 225 cm³/mol. The van der Waals surface area contributed by atoms with Crippen LogP contribution in [0.2, 0.25) is 0 Å². The van der Waals surface area contributed by atoms with Crippen molar-refractivity contribution in [2.75, 3.05) is 13.7 Å². The van der Waals surface area contributed by atoms with Gasteiger partial charge in [0.2, 0.25) is 12.1 Å². The largest absolute Gasteiger partial charge is 0.507 e. The van der Waals surface area contributed by atoms with E-state index in [0.29, 0.717) is 54.8 Å². The molecule has 334 valence electrons. The number of aliphatic hydroxyl groups is 3. The zero-order valence-corrected chi connectivity index (χ0v) is 35.6. The molecule has 7 rings (SSSR count). The van der Waals surface area contributed by atoms with Crippen LogP contribution in [0.3, 0.4) is 0 Å². The first-order valence-electron chi connectivity index (χ1n) is 20.9. The number of benzene rings is 3. The van der Waals surface area contributed by atoms with Crippen molar-refractivity contribution < 1.29 is 68.5 Å². The van der Waals surface area contributed by atoms with Crippen molar-refractivity contribution in [1.29, 1.82) is 0 Å². The minimum absolute atomic E-state index is 0.00487. The lowest BCUT2D eigenvalue weighted by Gasteiger charge is -2.34. The Morgan fingerprint density at radius 1 is 0.952 bits per heavy atom. The van der Waals surface area contributed by atoms with Crippen LogP contribution in [0.25, 0.3) is 0 Å². The molecule has 0 aromatic heterocycles. The lowest BCUT2D eigenvalue weighted by atomic mass is 9.75. The normalized spacial score (nSPS) is 22.6. The number of aromatic hydroxyl groups is 2. The van der Waals surface area contributed by atoms with Crippen LogP contribution in [0.1, 0.15) is 114 Å². The smallest absolute Gasteiger partial charge is 0.302 e. The molecule has 3 aromatic rings. The maximum absolute atomic E-state index is 13.1. The van der Waals surface area contributed by atoms with Gasteiger partial charge < -0.3 is 54.6 Å². The fraction of sp³-hybridized carbons (Fsp3) is 0.468. The fourth-order valence-electron chi connectivity index (χ4n) is 8.17. The molecule has 6 unspecified atom stereocenters. The number of phenols is 2.